The first-order valence-corrected chi connectivity index (χ1v) is 10.8. The van der Waals surface area contributed by atoms with Crippen molar-refractivity contribution < 1.29 is 14.3 Å². The summed E-state index contributed by atoms with van der Waals surface area (Å²) in [6.07, 6.45) is 5.07. The zero-order valence-corrected chi connectivity index (χ0v) is 17.7. The maximum Gasteiger partial charge on any atom is 0.258 e. The Morgan fingerprint density at radius 3 is 2.97 bits per heavy atom. The Morgan fingerprint density at radius 1 is 1.16 bits per heavy atom. The third-order valence-corrected chi connectivity index (χ3v) is 6.12. The van der Waals surface area contributed by atoms with Gasteiger partial charge in [-0.1, -0.05) is 24.3 Å². The monoisotopic (exact) mass is 417 g/mol. The lowest BCUT2D eigenvalue weighted by molar-refractivity contribution is -0.123. The number of aromatic nitrogens is 2. The number of benzene rings is 2. The molecule has 0 spiro atoms. The van der Waals surface area contributed by atoms with Gasteiger partial charge in [0.25, 0.3) is 5.91 Å². The number of rotatable bonds is 7. The van der Waals surface area contributed by atoms with Gasteiger partial charge in [-0.3, -0.25) is 4.79 Å². The number of aryl methyl sites for hydroxylation is 1. The van der Waals surface area contributed by atoms with E-state index in [0.717, 1.165) is 53.7 Å². The Kier molecular flexibility index (Phi) is 5.38. The normalized spacial score (nSPS) is 15.8. The lowest BCUT2D eigenvalue weighted by Gasteiger charge is -2.24. The smallest absolute Gasteiger partial charge is 0.258 e. The largest absolute Gasteiger partial charge is 0.483 e. The molecule has 2 heterocycles. The van der Waals surface area contributed by atoms with Gasteiger partial charge in [0.2, 0.25) is 0 Å². The van der Waals surface area contributed by atoms with E-state index in [4.69, 9.17) is 9.47 Å². The number of hydrogen-bond acceptors (Lipinski definition) is 3. The summed E-state index contributed by atoms with van der Waals surface area (Å²) in [6, 6.07) is 16.3. The molecule has 0 unspecified atom stereocenters. The second-order valence-corrected chi connectivity index (χ2v) is 8.05. The highest BCUT2D eigenvalue weighted by Gasteiger charge is 2.25. The lowest BCUT2D eigenvalue weighted by Crippen LogP contribution is -2.34. The van der Waals surface area contributed by atoms with Gasteiger partial charge in [-0.2, -0.15) is 0 Å². The van der Waals surface area contributed by atoms with Gasteiger partial charge < -0.3 is 24.3 Å². The van der Waals surface area contributed by atoms with E-state index in [-0.39, 0.29) is 18.6 Å². The van der Waals surface area contributed by atoms with E-state index in [1.165, 1.54) is 10.9 Å². The molecule has 2 aromatic carbocycles. The Morgan fingerprint density at radius 2 is 2.06 bits per heavy atom. The summed E-state index contributed by atoms with van der Waals surface area (Å²) in [5.41, 5.74) is 4.67. The second-order valence-electron chi connectivity index (χ2n) is 8.05. The van der Waals surface area contributed by atoms with Gasteiger partial charge in [-0.15, -0.1) is 0 Å². The van der Waals surface area contributed by atoms with Crippen LogP contribution in [-0.2, 0) is 22.5 Å². The SMILES string of the molecule is COCCn1ccc2c(OCC(=O)N[C@@H]3CCCc4c3[nH]c3ccccc43)cccc21. The molecule has 0 saturated carbocycles. The van der Waals surface area contributed by atoms with Crippen LogP contribution in [0.25, 0.3) is 21.8 Å². The van der Waals surface area contributed by atoms with E-state index < -0.39 is 0 Å². The number of carbonyl (C=O) groups excluding carboxylic acids is 1. The summed E-state index contributed by atoms with van der Waals surface area (Å²) in [4.78, 5) is 16.2. The molecule has 2 aromatic heterocycles. The molecule has 5 rings (SSSR count). The van der Waals surface area contributed by atoms with Crippen molar-refractivity contribution in [2.75, 3.05) is 20.3 Å². The molecule has 0 radical (unpaired) electrons. The molecule has 6 nitrogen and oxygen atoms in total. The third kappa shape index (κ3) is 3.79. The van der Waals surface area contributed by atoms with Crippen LogP contribution in [0, 0.1) is 0 Å². The molecular weight excluding hydrogens is 390 g/mol. The maximum atomic E-state index is 12.7. The number of amides is 1. The minimum absolute atomic E-state index is 0.00169. The van der Waals surface area contributed by atoms with Crippen LogP contribution in [0.3, 0.4) is 0 Å². The summed E-state index contributed by atoms with van der Waals surface area (Å²) in [5.74, 6) is 0.617. The number of carbonyl (C=O) groups is 1. The number of H-pyrrole nitrogens is 1. The Bertz CT molecular complexity index is 1220. The van der Waals surface area contributed by atoms with Gasteiger partial charge >= 0.3 is 0 Å². The summed E-state index contributed by atoms with van der Waals surface area (Å²) in [6.45, 7) is 1.42. The van der Waals surface area contributed by atoms with Crippen molar-refractivity contribution in [3.05, 3.63) is 66.0 Å². The number of nitrogens with one attached hydrogen (secondary N) is 2. The molecule has 0 saturated heterocycles. The molecule has 160 valence electrons. The third-order valence-electron chi connectivity index (χ3n) is 6.12. The number of fused-ring (bicyclic) bond motifs is 4. The quantitative estimate of drug-likeness (QED) is 0.470. The standard InChI is InChI=1S/C25H27N3O3/c1-30-15-14-28-13-12-19-22(28)10-5-11-23(19)31-16-24(29)26-21-9-4-7-18-17-6-2-3-8-20(17)27-25(18)21/h2-3,5-6,8,10-13,21,27H,4,7,9,14-16H2,1H3,(H,26,29)/t21-/m1/s1. The van der Waals surface area contributed by atoms with Crippen LogP contribution in [0.4, 0.5) is 0 Å². The van der Waals surface area contributed by atoms with Crippen molar-refractivity contribution in [1.29, 1.82) is 0 Å². The van der Waals surface area contributed by atoms with E-state index in [2.05, 4.69) is 39.1 Å². The predicted octanol–water partition coefficient (Wildman–Crippen LogP) is 4.34. The van der Waals surface area contributed by atoms with Crippen molar-refractivity contribution >= 4 is 27.7 Å². The molecule has 1 aliphatic carbocycles. The Balaban J connectivity index is 1.28. The molecule has 0 aliphatic heterocycles. The molecular formula is C25H27N3O3. The highest BCUT2D eigenvalue weighted by Crippen LogP contribution is 2.34. The molecule has 0 bridgehead atoms. The molecule has 6 heteroatoms. The van der Waals surface area contributed by atoms with Crippen LogP contribution >= 0.6 is 0 Å². The topological polar surface area (TPSA) is 68.3 Å². The van der Waals surface area contributed by atoms with Gasteiger partial charge in [0.05, 0.1) is 18.2 Å². The molecule has 1 aliphatic rings. The minimum atomic E-state index is -0.104. The molecule has 0 fully saturated rings. The fourth-order valence-electron chi connectivity index (χ4n) is 4.64. The molecule has 31 heavy (non-hydrogen) atoms. The van der Waals surface area contributed by atoms with E-state index in [9.17, 15) is 4.79 Å². The van der Waals surface area contributed by atoms with Gasteiger partial charge in [0, 0.05) is 41.8 Å². The average Bonchev–Trinajstić information content (AvgIpc) is 3.38. The van der Waals surface area contributed by atoms with Crippen LogP contribution in [0.2, 0.25) is 0 Å². The number of para-hydroxylation sites is 1. The van der Waals surface area contributed by atoms with Gasteiger partial charge in [-0.25, -0.2) is 0 Å². The van der Waals surface area contributed by atoms with E-state index in [1.54, 1.807) is 7.11 Å². The average molecular weight is 418 g/mol. The second kappa shape index (κ2) is 8.47. The summed E-state index contributed by atoms with van der Waals surface area (Å²) in [7, 11) is 1.70. The minimum Gasteiger partial charge on any atom is -0.483 e. The van der Waals surface area contributed by atoms with Crippen molar-refractivity contribution in [3.63, 3.8) is 0 Å². The number of nitrogens with zero attached hydrogens (tertiary/aromatic N) is 1. The summed E-state index contributed by atoms with van der Waals surface area (Å²) in [5, 5.41) is 5.43. The molecule has 4 aromatic rings. The number of hydrogen-bond donors (Lipinski definition) is 2. The summed E-state index contributed by atoms with van der Waals surface area (Å²) >= 11 is 0. The Labute approximate surface area is 181 Å². The zero-order chi connectivity index (χ0) is 21.2. The predicted molar refractivity (Wildman–Crippen MR) is 121 cm³/mol. The van der Waals surface area contributed by atoms with Crippen molar-refractivity contribution in [2.24, 2.45) is 0 Å². The van der Waals surface area contributed by atoms with Crippen LogP contribution in [-0.4, -0.2) is 35.8 Å². The van der Waals surface area contributed by atoms with Crippen molar-refractivity contribution in [1.82, 2.24) is 14.9 Å². The highest BCUT2D eigenvalue weighted by molar-refractivity contribution is 5.88. The van der Waals surface area contributed by atoms with E-state index in [1.807, 2.05) is 30.5 Å². The first kappa shape index (κ1) is 19.7. The first-order valence-electron chi connectivity index (χ1n) is 10.8. The fraction of sp³-hybridized carbons (Fsp3) is 0.320. The van der Waals surface area contributed by atoms with Crippen LogP contribution in [0.1, 0.15) is 30.1 Å². The van der Waals surface area contributed by atoms with Crippen LogP contribution in [0.15, 0.2) is 54.7 Å². The van der Waals surface area contributed by atoms with Crippen LogP contribution in [0.5, 0.6) is 5.75 Å². The highest BCUT2D eigenvalue weighted by atomic mass is 16.5. The molecule has 2 N–H and O–H groups in total. The van der Waals surface area contributed by atoms with E-state index in [0.29, 0.717) is 6.61 Å². The zero-order valence-electron chi connectivity index (χ0n) is 17.7. The molecule has 1 amide bonds. The maximum absolute atomic E-state index is 12.7. The van der Waals surface area contributed by atoms with E-state index >= 15 is 0 Å². The first-order chi connectivity index (χ1) is 15.2. The fourth-order valence-corrected chi connectivity index (χ4v) is 4.64. The number of ether oxygens (including phenoxy) is 2. The van der Waals surface area contributed by atoms with Crippen molar-refractivity contribution in [3.8, 4) is 5.75 Å². The van der Waals surface area contributed by atoms with Gasteiger partial charge in [-0.05, 0) is 49.1 Å². The van der Waals surface area contributed by atoms with Gasteiger partial charge in [0.15, 0.2) is 6.61 Å². The van der Waals surface area contributed by atoms with Crippen molar-refractivity contribution in [2.45, 2.75) is 31.8 Å². The Hall–Kier alpha value is -3.25. The lowest BCUT2D eigenvalue weighted by atomic mass is 9.91. The number of methoxy groups -OCH3 is 1. The van der Waals surface area contributed by atoms with Crippen LogP contribution < -0.4 is 10.1 Å². The molecule has 1 atom stereocenters. The number of aromatic amines is 1. The summed E-state index contributed by atoms with van der Waals surface area (Å²) < 4.78 is 13.2. The van der Waals surface area contributed by atoms with Gasteiger partial charge in [0.1, 0.15) is 5.75 Å².